The smallest absolute Gasteiger partial charge is 0.365 e. The van der Waals surface area contributed by atoms with Crippen LogP contribution in [-0.2, 0) is 17.5 Å². The number of carbonyl (C=O) groups is 2. The summed E-state index contributed by atoms with van der Waals surface area (Å²) in [6.45, 7) is 5.64. The van der Waals surface area contributed by atoms with Gasteiger partial charge in [-0.1, -0.05) is 37.3 Å². The number of primary amides is 1. The zero-order valence-electron chi connectivity index (χ0n) is 19.4. The number of rotatable bonds is 6. The van der Waals surface area contributed by atoms with Gasteiger partial charge in [-0.15, -0.1) is 11.3 Å². The fraction of sp³-hybridized carbons (Fsp3) is 0.250. The number of fused-ring (bicyclic) bond motifs is 1. The number of aryl methyl sites for hydroxylation is 1. The molecule has 0 saturated carbocycles. The summed E-state index contributed by atoms with van der Waals surface area (Å²) < 4.78 is 43.4. The molecule has 0 aliphatic heterocycles. The van der Waals surface area contributed by atoms with Crippen LogP contribution in [0.4, 0.5) is 18.9 Å². The maximum Gasteiger partial charge on any atom is 0.433 e. The second-order valence-corrected chi connectivity index (χ2v) is 10.1. The predicted octanol–water partition coefficient (Wildman–Crippen LogP) is 5.93. The molecule has 0 aliphatic carbocycles. The van der Waals surface area contributed by atoms with Crippen LogP contribution in [-0.4, -0.2) is 26.6 Å². The van der Waals surface area contributed by atoms with E-state index >= 15 is 0 Å². The Morgan fingerprint density at radius 2 is 1.89 bits per heavy atom. The monoisotopic (exact) mass is 579 g/mol. The Balaban J connectivity index is 1.82. The van der Waals surface area contributed by atoms with Crippen molar-refractivity contribution < 1.29 is 22.8 Å². The summed E-state index contributed by atoms with van der Waals surface area (Å²) in [6.07, 6.45) is -4.71. The van der Waals surface area contributed by atoms with Crippen molar-refractivity contribution in [1.82, 2.24) is 14.8 Å². The Labute approximate surface area is 216 Å². The number of alkyl halides is 3. The first kappa shape index (κ1) is 25.8. The Bertz CT molecular complexity index is 1480. The minimum Gasteiger partial charge on any atom is -0.365 e. The van der Waals surface area contributed by atoms with Crippen molar-refractivity contribution in [3.05, 3.63) is 62.8 Å². The number of pyridine rings is 1. The van der Waals surface area contributed by atoms with Crippen LogP contribution in [0, 0.1) is 19.8 Å². The van der Waals surface area contributed by atoms with Gasteiger partial charge in [-0.3, -0.25) is 14.3 Å². The largest absolute Gasteiger partial charge is 0.433 e. The molecular formula is C24H21BrF3N5O2S. The topological polar surface area (TPSA) is 103 Å². The average molecular weight is 580 g/mol. The van der Waals surface area contributed by atoms with Crippen molar-refractivity contribution >= 4 is 55.0 Å². The predicted molar refractivity (Wildman–Crippen MR) is 136 cm³/mol. The molecule has 1 unspecified atom stereocenters. The lowest BCUT2D eigenvalue weighted by Crippen LogP contribution is -2.26. The van der Waals surface area contributed by atoms with Crippen molar-refractivity contribution in [2.45, 2.75) is 33.5 Å². The van der Waals surface area contributed by atoms with Crippen LogP contribution < -0.4 is 11.1 Å². The van der Waals surface area contributed by atoms with Crippen LogP contribution in [0.3, 0.4) is 0 Å². The molecule has 3 heterocycles. The van der Waals surface area contributed by atoms with Gasteiger partial charge in [0, 0.05) is 11.1 Å². The van der Waals surface area contributed by atoms with Gasteiger partial charge >= 0.3 is 6.18 Å². The fourth-order valence-electron chi connectivity index (χ4n) is 3.82. The summed E-state index contributed by atoms with van der Waals surface area (Å²) >= 11 is 4.17. The summed E-state index contributed by atoms with van der Waals surface area (Å²) in [5, 5.41) is 7.38. The molecule has 0 saturated heterocycles. The number of nitrogens with one attached hydrogen (secondary N) is 1. The zero-order valence-corrected chi connectivity index (χ0v) is 21.8. The molecule has 0 bridgehead atoms. The maximum atomic E-state index is 13.6. The number of benzene rings is 1. The third kappa shape index (κ3) is 4.87. The third-order valence-electron chi connectivity index (χ3n) is 5.70. The first-order chi connectivity index (χ1) is 16.9. The Morgan fingerprint density at radius 1 is 1.22 bits per heavy atom. The highest BCUT2D eigenvalue weighted by Gasteiger charge is 2.35. The highest BCUT2D eigenvalue weighted by Crippen LogP contribution is 2.43. The lowest BCUT2D eigenvalue weighted by molar-refractivity contribution is -0.140. The molecule has 2 amide bonds. The quantitative estimate of drug-likeness (QED) is 0.295. The highest BCUT2D eigenvalue weighted by molar-refractivity contribution is 9.10. The van der Waals surface area contributed by atoms with Gasteiger partial charge in [0.2, 0.25) is 5.91 Å². The minimum atomic E-state index is -4.71. The number of anilines is 1. The first-order valence-corrected chi connectivity index (χ1v) is 12.4. The standard InChI is InChI=1S/C24H21BrF3N5O2S/c1-11(10-33-13(3)18(25)12(2)32-33)22(35)31-19-17-15(14-7-5-4-6-8-14)9-16(24(26,27)28)30-23(17)36-20(19)21(29)34/h4-9,11H,10H2,1-3H3,(H2,29,34)(H,31,35). The number of nitrogens with two attached hydrogens (primary N) is 1. The molecule has 36 heavy (non-hydrogen) atoms. The van der Waals surface area contributed by atoms with E-state index in [9.17, 15) is 22.8 Å². The molecule has 0 spiro atoms. The molecule has 12 heteroatoms. The van der Waals surface area contributed by atoms with Gasteiger partial charge in [0.1, 0.15) is 15.4 Å². The van der Waals surface area contributed by atoms with Crippen molar-refractivity contribution in [2.75, 3.05) is 5.32 Å². The summed E-state index contributed by atoms with van der Waals surface area (Å²) in [6, 6.07) is 9.31. The number of carbonyl (C=O) groups excluding carboxylic acids is 2. The molecule has 1 atom stereocenters. The van der Waals surface area contributed by atoms with Gasteiger partial charge in [0.25, 0.3) is 5.91 Å². The van der Waals surface area contributed by atoms with Crippen LogP contribution in [0.5, 0.6) is 0 Å². The summed E-state index contributed by atoms with van der Waals surface area (Å²) in [5.41, 5.74) is 6.78. The van der Waals surface area contributed by atoms with E-state index in [-0.39, 0.29) is 32.9 Å². The van der Waals surface area contributed by atoms with E-state index in [2.05, 4.69) is 31.3 Å². The van der Waals surface area contributed by atoms with E-state index in [4.69, 9.17) is 5.73 Å². The lowest BCUT2D eigenvalue weighted by Gasteiger charge is -2.15. The van der Waals surface area contributed by atoms with Gasteiger partial charge in [-0.05, 0) is 47.0 Å². The molecule has 4 rings (SSSR count). The molecule has 188 valence electrons. The molecule has 7 nitrogen and oxygen atoms in total. The van der Waals surface area contributed by atoms with Crippen LogP contribution >= 0.6 is 27.3 Å². The molecule has 3 aromatic heterocycles. The zero-order chi connectivity index (χ0) is 26.4. The van der Waals surface area contributed by atoms with Crippen LogP contribution in [0.25, 0.3) is 21.3 Å². The number of halogens is 4. The van der Waals surface area contributed by atoms with Crippen molar-refractivity contribution in [3.8, 4) is 11.1 Å². The van der Waals surface area contributed by atoms with Crippen LogP contribution in [0.15, 0.2) is 40.9 Å². The van der Waals surface area contributed by atoms with E-state index in [1.807, 2.05) is 13.8 Å². The number of thiophene rings is 1. The number of nitrogens with zero attached hydrogens (tertiary/aromatic N) is 3. The number of amides is 2. The Morgan fingerprint density at radius 3 is 2.44 bits per heavy atom. The normalized spacial score (nSPS) is 12.6. The number of hydrogen-bond donors (Lipinski definition) is 2. The molecule has 0 radical (unpaired) electrons. The summed E-state index contributed by atoms with van der Waals surface area (Å²) in [7, 11) is 0. The van der Waals surface area contributed by atoms with Crippen molar-refractivity contribution in [2.24, 2.45) is 11.7 Å². The van der Waals surface area contributed by atoms with E-state index in [0.717, 1.165) is 21.9 Å². The van der Waals surface area contributed by atoms with Crippen LogP contribution in [0.1, 0.15) is 33.7 Å². The van der Waals surface area contributed by atoms with E-state index in [0.29, 0.717) is 16.9 Å². The third-order valence-corrected chi connectivity index (χ3v) is 7.94. The van der Waals surface area contributed by atoms with E-state index in [1.54, 1.807) is 41.9 Å². The number of aromatic nitrogens is 3. The summed E-state index contributed by atoms with van der Waals surface area (Å²) in [5.74, 6) is -1.91. The Kier molecular flexibility index (Phi) is 6.93. The molecule has 4 aromatic rings. The number of hydrogen-bond acceptors (Lipinski definition) is 5. The highest BCUT2D eigenvalue weighted by atomic mass is 79.9. The van der Waals surface area contributed by atoms with Crippen molar-refractivity contribution in [1.29, 1.82) is 0 Å². The minimum absolute atomic E-state index is 0.0500. The van der Waals surface area contributed by atoms with Gasteiger partial charge in [0.15, 0.2) is 0 Å². The van der Waals surface area contributed by atoms with Crippen LogP contribution in [0.2, 0.25) is 0 Å². The second kappa shape index (κ2) is 9.66. The molecule has 3 N–H and O–H groups in total. The first-order valence-electron chi connectivity index (χ1n) is 10.8. The van der Waals surface area contributed by atoms with E-state index in [1.165, 1.54) is 0 Å². The van der Waals surface area contributed by atoms with Gasteiger partial charge in [-0.25, -0.2) is 4.98 Å². The van der Waals surface area contributed by atoms with Gasteiger partial charge < -0.3 is 11.1 Å². The van der Waals surface area contributed by atoms with Crippen molar-refractivity contribution in [3.63, 3.8) is 0 Å². The Hall–Kier alpha value is -3.25. The summed E-state index contributed by atoms with van der Waals surface area (Å²) in [4.78, 5) is 29.1. The van der Waals surface area contributed by atoms with Gasteiger partial charge in [0.05, 0.1) is 28.3 Å². The molecule has 0 aliphatic rings. The molecule has 0 fully saturated rings. The molecular weight excluding hydrogens is 559 g/mol. The SMILES string of the molecule is Cc1nn(CC(C)C(=O)Nc2c(C(N)=O)sc3nc(C(F)(F)F)cc(-c4ccccc4)c23)c(C)c1Br. The average Bonchev–Trinajstić information content (AvgIpc) is 3.31. The fourth-order valence-corrected chi connectivity index (χ4v) is 5.11. The van der Waals surface area contributed by atoms with E-state index < -0.39 is 29.6 Å². The maximum absolute atomic E-state index is 13.6. The molecule has 1 aromatic carbocycles. The van der Waals surface area contributed by atoms with Gasteiger partial charge in [-0.2, -0.15) is 18.3 Å². The lowest BCUT2D eigenvalue weighted by atomic mass is 10.0. The second-order valence-electron chi connectivity index (χ2n) is 8.33.